The molecule has 2 aromatic carbocycles. The summed E-state index contributed by atoms with van der Waals surface area (Å²) < 4.78 is 38.4. The second kappa shape index (κ2) is 7.39. The van der Waals surface area contributed by atoms with E-state index >= 15 is 0 Å². The van der Waals surface area contributed by atoms with E-state index < -0.39 is 11.7 Å². The number of nitrogens with zero attached hydrogens (tertiary/aromatic N) is 2. The highest BCUT2D eigenvalue weighted by atomic mass is 19.4. The molecule has 1 fully saturated rings. The third-order valence-electron chi connectivity index (χ3n) is 6.21. The number of halogens is 3. The highest BCUT2D eigenvalue weighted by Gasteiger charge is 2.35. The van der Waals surface area contributed by atoms with Crippen molar-refractivity contribution in [2.45, 2.75) is 57.9 Å². The number of carbonyl (C=O) groups is 1. The molecule has 29 heavy (non-hydrogen) atoms. The second-order valence-corrected chi connectivity index (χ2v) is 8.20. The van der Waals surface area contributed by atoms with Crippen LogP contribution < -0.4 is 0 Å². The van der Waals surface area contributed by atoms with Gasteiger partial charge in [0, 0.05) is 25.2 Å². The van der Waals surface area contributed by atoms with E-state index in [-0.39, 0.29) is 18.1 Å². The van der Waals surface area contributed by atoms with E-state index in [4.69, 9.17) is 0 Å². The molecule has 3 nitrogen and oxygen atoms in total. The molecule has 2 aliphatic heterocycles. The fourth-order valence-electron chi connectivity index (χ4n) is 4.49. The molecule has 0 N–H and O–H groups in total. The maximum Gasteiger partial charge on any atom is 0.416 e. The molecule has 0 saturated carbocycles. The van der Waals surface area contributed by atoms with Crippen LogP contribution in [0.1, 0.15) is 43.4 Å². The molecule has 0 bridgehead atoms. The summed E-state index contributed by atoms with van der Waals surface area (Å²) in [6.45, 7) is 5.43. The van der Waals surface area contributed by atoms with Crippen LogP contribution in [0.2, 0.25) is 0 Å². The van der Waals surface area contributed by atoms with E-state index in [1.165, 1.54) is 17.7 Å². The van der Waals surface area contributed by atoms with Crippen molar-refractivity contribution in [3.05, 3.63) is 59.2 Å². The van der Waals surface area contributed by atoms with Gasteiger partial charge in [-0.25, -0.2) is 4.79 Å². The largest absolute Gasteiger partial charge is 0.416 e. The van der Waals surface area contributed by atoms with Gasteiger partial charge in [0.1, 0.15) is 0 Å². The van der Waals surface area contributed by atoms with E-state index in [1.807, 2.05) is 28.0 Å². The van der Waals surface area contributed by atoms with Crippen LogP contribution in [0.3, 0.4) is 0 Å². The quantitative estimate of drug-likeness (QED) is 0.598. The van der Waals surface area contributed by atoms with E-state index in [2.05, 4.69) is 13.8 Å². The zero-order chi connectivity index (χ0) is 20.8. The minimum absolute atomic E-state index is 0.0908. The molecule has 0 spiro atoms. The summed E-state index contributed by atoms with van der Waals surface area (Å²) in [4.78, 5) is 17.0. The lowest BCUT2D eigenvalue weighted by Crippen LogP contribution is -2.48. The maximum atomic E-state index is 13.1. The number of alkyl halides is 3. The highest BCUT2D eigenvalue weighted by molar-refractivity contribution is 5.76. The van der Waals surface area contributed by atoms with Gasteiger partial charge in [-0.15, -0.1) is 0 Å². The summed E-state index contributed by atoms with van der Waals surface area (Å²) in [6.07, 6.45) is -1.46. The predicted octanol–water partition coefficient (Wildman–Crippen LogP) is 5.72. The molecule has 2 amide bonds. The van der Waals surface area contributed by atoms with Crippen molar-refractivity contribution in [2.75, 3.05) is 6.54 Å². The first-order valence-electron chi connectivity index (χ1n) is 10.1. The number of rotatable bonds is 1. The van der Waals surface area contributed by atoms with Crippen molar-refractivity contribution in [1.29, 1.82) is 0 Å². The zero-order valence-electron chi connectivity index (χ0n) is 16.7. The Bertz CT molecular complexity index is 897. The Balaban J connectivity index is 1.55. The second-order valence-electron chi connectivity index (χ2n) is 8.20. The molecule has 0 aromatic heterocycles. The fraction of sp³-hybridized carbons (Fsp3) is 0.435. The van der Waals surface area contributed by atoms with Gasteiger partial charge in [0.15, 0.2) is 0 Å². The van der Waals surface area contributed by atoms with Crippen LogP contribution >= 0.6 is 0 Å². The van der Waals surface area contributed by atoms with E-state index in [0.29, 0.717) is 13.1 Å². The molecular weight excluding hydrogens is 377 g/mol. The van der Waals surface area contributed by atoms with Crippen molar-refractivity contribution in [2.24, 2.45) is 0 Å². The Morgan fingerprint density at radius 1 is 0.931 bits per heavy atom. The number of hydrogen-bond acceptors (Lipinski definition) is 1. The van der Waals surface area contributed by atoms with Crippen molar-refractivity contribution in [3.8, 4) is 11.1 Å². The van der Waals surface area contributed by atoms with Crippen LogP contribution in [0.4, 0.5) is 18.0 Å². The third kappa shape index (κ3) is 3.85. The van der Waals surface area contributed by atoms with Gasteiger partial charge in [-0.05, 0) is 73.6 Å². The summed E-state index contributed by atoms with van der Waals surface area (Å²) in [5.74, 6) is 0. The zero-order valence-corrected chi connectivity index (χ0v) is 16.7. The van der Waals surface area contributed by atoms with Crippen LogP contribution in [0.15, 0.2) is 42.5 Å². The van der Waals surface area contributed by atoms with Crippen LogP contribution in [-0.2, 0) is 19.1 Å². The first kappa shape index (κ1) is 19.8. The van der Waals surface area contributed by atoms with Gasteiger partial charge in [0.2, 0.25) is 0 Å². The molecule has 1 saturated heterocycles. The molecule has 4 rings (SSSR count). The van der Waals surface area contributed by atoms with E-state index in [9.17, 15) is 18.0 Å². The smallest absolute Gasteiger partial charge is 0.320 e. The number of urea groups is 1. The highest BCUT2D eigenvalue weighted by Crippen LogP contribution is 2.33. The van der Waals surface area contributed by atoms with Crippen LogP contribution in [0.5, 0.6) is 0 Å². The maximum absolute atomic E-state index is 13.1. The normalized spacial score (nSPS) is 22.0. The molecule has 0 radical (unpaired) electrons. The first-order chi connectivity index (χ1) is 13.7. The Kier molecular flexibility index (Phi) is 5.05. The number of carbonyl (C=O) groups excluding carboxylic acids is 1. The van der Waals surface area contributed by atoms with Crippen molar-refractivity contribution < 1.29 is 18.0 Å². The number of fused-ring (bicyclic) bond motifs is 1. The van der Waals surface area contributed by atoms with E-state index in [0.717, 1.165) is 48.1 Å². The topological polar surface area (TPSA) is 23.6 Å². The SMILES string of the molecule is C[C@@H]1CC[C@@H](C)N1C(=O)N1CCc2ccc(-c3ccc(C(F)(F)F)cc3)cc2C1. The van der Waals surface area contributed by atoms with E-state index in [1.54, 1.807) is 0 Å². The van der Waals surface area contributed by atoms with Gasteiger partial charge in [0.05, 0.1) is 5.56 Å². The molecule has 0 aliphatic carbocycles. The summed E-state index contributed by atoms with van der Waals surface area (Å²) in [7, 11) is 0. The molecular formula is C23H25F3N2O. The predicted molar refractivity (Wildman–Crippen MR) is 106 cm³/mol. The summed E-state index contributed by atoms with van der Waals surface area (Å²) in [5.41, 5.74) is 3.24. The number of likely N-dealkylation sites (tertiary alicyclic amines) is 1. The third-order valence-corrected chi connectivity index (χ3v) is 6.21. The number of benzene rings is 2. The Hall–Kier alpha value is -2.50. The Morgan fingerprint density at radius 2 is 1.55 bits per heavy atom. The van der Waals surface area contributed by atoms with Gasteiger partial charge < -0.3 is 9.80 Å². The van der Waals surface area contributed by atoms with Crippen molar-refractivity contribution >= 4 is 6.03 Å². The summed E-state index contributed by atoms with van der Waals surface area (Å²) >= 11 is 0. The van der Waals surface area contributed by atoms with Gasteiger partial charge in [-0.2, -0.15) is 13.2 Å². The minimum Gasteiger partial charge on any atom is -0.320 e. The monoisotopic (exact) mass is 402 g/mol. The van der Waals surface area contributed by atoms with Crippen LogP contribution in [0.25, 0.3) is 11.1 Å². The average Bonchev–Trinajstić information content (AvgIpc) is 3.04. The lowest BCUT2D eigenvalue weighted by molar-refractivity contribution is -0.137. The number of hydrogen-bond donors (Lipinski definition) is 0. The summed E-state index contributed by atoms with van der Waals surface area (Å²) in [6, 6.07) is 11.8. The Labute approximate surface area is 169 Å². The minimum atomic E-state index is -4.33. The van der Waals surface area contributed by atoms with Crippen molar-refractivity contribution in [1.82, 2.24) is 9.80 Å². The summed E-state index contributed by atoms with van der Waals surface area (Å²) in [5, 5.41) is 0. The van der Waals surface area contributed by atoms with Gasteiger partial charge >= 0.3 is 12.2 Å². The first-order valence-corrected chi connectivity index (χ1v) is 10.1. The number of amides is 2. The molecule has 2 aliphatic rings. The van der Waals surface area contributed by atoms with Crippen LogP contribution in [-0.4, -0.2) is 34.5 Å². The fourth-order valence-corrected chi connectivity index (χ4v) is 4.49. The molecule has 154 valence electrons. The lowest BCUT2D eigenvalue weighted by atomic mass is 9.94. The van der Waals surface area contributed by atoms with Gasteiger partial charge in [-0.1, -0.05) is 24.3 Å². The average molecular weight is 402 g/mol. The standard InChI is InChI=1S/C23H25F3N2O/c1-15-3-4-16(2)28(15)22(29)27-12-11-18-5-6-19(13-20(18)14-27)17-7-9-21(10-8-17)23(24,25)26/h5-10,13,15-16H,3-4,11-12,14H2,1-2H3/t15-,16-/m1/s1. The molecule has 0 unspecified atom stereocenters. The molecule has 2 aromatic rings. The molecule has 6 heteroatoms. The van der Waals surface area contributed by atoms with Gasteiger partial charge in [0.25, 0.3) is 0 Å². The Morgan fingerprint density at radius 3 is 2.17 bits per heavy atom. The van der Waals surface area contributed by atoms with Gasteiger partial charge in [-0.3, -0.25) is 0 Å². The van der Waals surface area contributed by atoms with Crippen molar-refractivity contribution in [3.63, 3.8) is 0 Å². The van der Waals surface area contributed by atoms with Crippen LogP contribution in [0, 0.1) is 0 Å². The molecule has 2 heterocycles. The molecule has 2 atom stereocenters. The lowest BCUT2D eigenvalue weighted by Gasteiger charge is -2.36.